The van der Waals surface area contributed by atoms with Gasteiger partial charge in [-0.2, -0.15) is 5.26 Å². The first kappa shape index (κ1) is 20.7. The van der Waals surface area contributed by atoms with Crippen LogP contribution in [0.2, 0.25) is 0 Å². The fraction of sp³-hybridized carbons (Fsp3) is 0.318. The third-order valence-corrected chi connectivity index (χ3v) is 5.41. The summed E-state index contributed by atoms with van der Waals surface area (Å²) in [4.78, 5) is 0. The molecule has 6 nitrogen and oxygen atoms in total. The van der Waals surface area contributed by atoms with E-state index in [2.05, 4.69) is 34.7 Å². The minimum atomic E-state index is -0.280. The van der Waals surface area contributed by atoms with Crippen molar-refractivity contribution in [2.24, 2.45) is 0 Å². The van der Waals surface area contributed by atoms with E-state index in [1.807, 2.05) is 55.5 Å². The van der Waals surface area contributed by atoms with E-state index >= 15 is 0 Å². The summed E-state index contributed by atoms with van der Waals surface area (Å²) in [6, 6.07) is 17.5. The second-order valence-electron chi connectivity index (χ2n) is 6.80. The van der Waals surface area contributed by atoms with Crippen LogP contribution in [0, 0.1) is 11.3 Å². The Morgan fingerprint density at radius 2 is 1.83 bits per heavy atom. The van der Waals surface area contributed by atoms with Gasteiger partial charge < -0.3 is 14.0 Å². The molecule has 29 heavy (non-hydrogen) atoms. The van der Waals surface area contributed by atoms with E-state index in [4.69, 9.17) is 9.47 Å². The first-order chi connectivity index (χ1) is 14.0. The molecular formula is C22H24N4O2S. The fourth-order valence-corrected chi connectivity index (χ4v) is 4.06. The zero-order valence-electron chi connectivity index (χ0n) is 17.0. The number of methoxy groups -OCH3 is 1. The monoisotopic (exact) mass is 408 g/mol. The highest BCUT2D eigenvalue weighted by Crippen LogP contribution is 2.30. The lowest BCUT2D eigenvalue weighted by Crippen LogP contribution is -2.14. The lowest BCUT2D eigenvalue weighted by atomic mass is 10.1. The summed E-state index contributed by atoms with van der Waals surface area (Å²) in [5, 5.41) is 18.9. The summed E-state index contributed by atoms with van der Waals surface area (Å²) in [6.07, 6.45) is -0.280. The first-order valence-electron chi connectivity index (χ1n) is 9.39. The van der Waals surface area contributed by atoms with E-state index in [0.717, 1.165) is 22.3 Å². The Balaban J connectivity index is 1.80. The van der Waals surface area contributed by atoms with Gasteiger partial charge >= 0.3 is 0 Å². The summed E-state index contributed by atoms with van der Waals surface area (Å²) in [5.74, 6) is 2.87. The summed E-state index contributed by atoms with van der Waals surface area (Å²) < 4.78 is 13.4. The Morgan fingerprint density at radius 1 is 1.07 bits per heavy atom. The van der Waals surface area contributed by atoms with Crippen LogP contribution >= 0.6 is 11.8 Å². The molecule has 3 rings (SSSR count). The lowest BCUT2D eigenvalue weighted by Gasteiger charge is -2.19. The van der Waals surface area contributed by atoms with Crippen LogP contribution in [0.4, 0.5) is 0 Å². The van der Waals surface area contributed by atoms with E-state index in [9.17, 15) is 5.26 Å². The van der Waals surface area contributed by atoms with E-state index in [-0.39, 0.29) is 12.1 Å². The second kappa shape index (κ2) is 9.48. The zero-order chi connectivity index (χ0) is 20.8. The molecule has 0 radical (unpaired) electrons. The molecule has 0 spiro atoms. The lowest BCUT2D eigenvalue weighted by molar-refractivity contribution is 0.206. The van der Waals surface area contributed by atoms with Crippen LogP contribution in [0.5, 0.6) is 11.5 Å². The second-order valence-corrected chi connectivity index (χ2v) is 7.74. The van der Waals surface area contributed by atoms with E-state index in [1.165, 1.54) is 0 Å². The maximum absolute atomic E-state index is 9.29. The van der Waals surface area contributed by atoms with Crippen molar-refractivity contribution in [1.29, 1.82) is 5.26 Å². The molecule has 0 aliphatic carbocycles. The number of aromatic nitrogens is 3. The molecule has 1 atom stereocenters. The quantitative estimate of drug-likeness (QED) is 0.479. The van der Waals surface area contributed by atoms with Crippen molar-refractivity contribution in [3.05, 3.63) is 65.5 Å². The molecule has 2 aromatic carbocycles. The topological polar surface area (TPSA) is 73.0 Å². The minimum absolute atomic E-state index is 0.171. The van der Waals surface area contributed by atoms with Gasteiger partial charge in [0.15, 0.2) is 17.1 Å². The number of hydrogen-bond donors (Lipinski definition) is 0. The van der Waals surface area contributed by atoms with Gasteiger partial charge in [-0.15, -0.1) is 10.2 Å². The highest BCUT2D eigenvalue weighted by Gasteiger charge is 2.22. The van der Waals surface area contributed by atoms with Gasteiger partial charge in [0.1, 0.15) is 11.5 Å². The highest BCUT2D eigenvalue weighted by molar-refractivity contribution is 7.98. The number of nitrogens with zero attached hydrogens (tertiary/aromatic N) is 4. The maximum atomic E-state index is 9.29. The van der Waals surface area contributed by atoms with E-state index < -0.39 is 0 Å². The first-order valence-corrected chi connectivity index (χ1v) is 10.4. The Labute approximate surface area is 175 Å². The Bertz CT molecular complexity index is 1010. The van der Waals surface area contributed by atoms with Crippen LogP contribution in [-0.4, -0.2) is 21.9 Å². The zero-order valence-corrected chi connectivity index (χ0v) is 17.8. The van der Waals surface area contributed by atoms with Gasteiger partial charge in [-0.1, -0.05) is 36.0 Å². The normalized spacial score (nSPS) is 11.9. The molecule has 0 amide bonds. The molecule has 0 saturated carbocycles. The molecule has 3 aromatic rings. The third kappa shape index (κ3) is 4.90. The summed E-state index contributed by atoms with van der Waals surface area (Å²) in [5.41, 5.74) is 1.67. The van der Waals surface area contributed by atoms with Crippen molar-refractivity contribution in [3.63, 3.8) is 0 Å². The molecule has 0 fully saturated rings. The largest absolute Gasteiger partial charge is 0.497 e. The van der Waals surface area contributed by atoms with Crippen LogP contribution in [0.15, 0.2) is 53.7 Å². The molecule has 0 aliphatic rings. The number of rotatable bonds is 8. The fourth-order valence-electron chi connectivity index (χ4n) is 2.98. The Hall–Kier alpha value is -2.98. The summed E-state index contributed by atoms with van der Waals surface area (Å²) in [6.45, 7) is 6.15. The molecule has 0 N–H and O–H groups in total. The minimum Gasteiger partial charge on any atom is -0.497 e. The van der Waals surface area contributed by atoms with Crippen molar-refractivity contribution in [1.82, 2.24) is 14.8 Å². The maximum Gasteiger partial charge on any atom is 0.191 e. The average Bonchev–Trinajstić information content (AvgIpc) is 3.17. The molecule has 0 saturated heterocycles. The van der Waals surface area contributed by atoms with E-state index in [1.54, 1.807) is 18.9 Å². The van der Waals surface area contributed by atoms with Gasteiger partial charge in [-0.05, 0) is 44.5 Å². The van der Waals surface area contributed by atoms with Crippen molar-refractivity contribution in [3.8, 4) is 17.6 Å². The van der Waals surface area contributed by atoms with Gasteiger partial charge in [0, 0.05) is 17.9 Å². The van der Waals surface area contributed by atoms with Gasteiger partial charge in [0.25, 0.3) is 0 Å². The van der Waals surface area contributed by atoms with Crippen molar-refractivity contribution >= 4 is 11.8 Å². The third-order valence-electron chi connectivity index (χ3n) is 4.42. The molecule has 0 aliphatic heterocycles. The standard InChI is InChI=1S/C22H24N4O2S/c1-15(2)26-21(16(3)28-20-11-7-10-19(12-20)27-4)24-25-22(26)29-14-18-9-6-5-8-17(18)13-23/h5-12,15-16H,14H2,1-4H3. The van der Waals surface area contributed by atoms with Crippen molar-refractivity contribution < 1.29 is 9.47 Å². The molecule has 0 bridgehead atoms. The highest BCUT2D eigenvalue weighted by atomic mass is 32.2. The number of ether oxygens (including phenoxy) is 2. The van der Waals surface area contributed by atoms with Gasteiger partial charge in [0.2, 0.25) is 0 Å². The van der Waals surface area contributed by atoms with Crippen LogP contribution in [0.3, 0.4) is 0 Å². The molecule has 150 valence electrons. The summed E-state index contributed by atoms with van der Waals surface area (Å²) >= 11 is 1.57. The Kier molecular flexibility index (Phi) is 6.78. The van der Waals surface area contributed by atoms with Crippen molar-refractivity contribution in [2.75, 3.05) is 7.11 Å². The van der Waals surface area contributed by atoms with Gasteiger partial charge in [0.05, 0.1) is 18.7 Å². The number of benzene rings is 2. The van der Waals surface area contributed by atoms with Crippen LogP contribution < -0.4 is 9.47 Å². The number of nitriles is 1. The molecular weight excluding hydrogens is 384 g/mol. The smallest absolute Gasteiger partial charge is 0.191 e. The molecule has 1 aromatic heterocycles. The van der Waals surface area contributed by atoms with E-state index in [0.29, 0.717) is 17.1 Å². The molecule has 1 unspecified atom stereocenters. The van der Waals surface area contributed by atoms with Crippen LogP contribution in [0.1, 0.15) is 49.9 Å². The predicted octanol–water partition coefficient (Wildman–Crippen LogP) is 5.17. The average molecular weight is 409 g/mol. The summed E-state index contributed by atoms with van der Waals surface area (Å²) in [7, 11) is 1.63. The van der Waals surface area contributed by atoms with Crippen molar-refractivity contribution in [2.45, 2.75) is 43.8 Å². The predicted molar refractivity (Wildman–Crippen MR) is 113 cm³/mol. The SMILES string of the molecule is COc1cccc(OC(C)c2nnc(SCc3ccccc3C#N)n2C(C)C)c1. The van der Waals surface area contributed by atoms with Gasteiger partial charge in [-0.3, -0.25) is 0 Å². The van der Waals surface area contributed by atoms with Gasteiger partial charge in [-0.25, -0.2) is 0 Å². The Morgan fingerprint density at radius 3 is 2.55 bits per heavy atom. The number of hydrogen-bond acceptors (Lipinski definition) is 6. The number of thioether (sulfide) groups is 1. The molecule has 7 heteroatoms. The van der Waals surface area contributed by atoms with Crippen LogP contribution in [0.25, 0.3) is 0 Å². The van der Waals surface area contributed by atoms with Crippen LogP contribution in [-0.2, 0) is 5.75 Å². The molecule has 1 heterocycles.